The largest absolute Gasteiger partial charge is 0.393 e. The first-order valence-electron chi connectivity index (χ1n) is 4.76. The fourth-order valence-corrected chi connectivity index (χ4v) is 2.85. The topological polar surface area (TPSA) is 40.5 Å². The summed E-state index contributed by atoms with van der Waals surface area (Å²) in [7, 11) is 0. The highest BCUT2D eigenvalue weighted by Crippen LogP contribution is 2.67. The van der Waals surface area contributed by atoms with Gasteiger partial charge in [-0.1, -0.05) is 6.92 Å². The van der Waals surface area contributed by atoms with Gasteiger partial charge in [0.25, 0.3) is 0 Å². The molecule has 2 N–H and O–H groups in total. The molecule has 0 spiro atoms. The lowest BCUT2D eigenvalue weighted by atomic mass is 9.86. The van der Waals surface area contributed by atoms with E-state index in [1.165, 1.54) is 0 Å². The number of hydrogen-bond acceptors (Lipinski definition) is 2. The predicted octanol–water partition coefficient (Wildman–Crippen LogP) is 1.16. The number of hydrogen-bond donors (Lipinski definition) is 2. The molecule has 0 aromatic carbocycles. The second-order valence-electron chi connectivity index (χ2n) is 5.33. The molecule has 0 aromatic rings. The Bertz CT molecular complexity index is 206. The molecule has 0 radical (unpaired) electrons. The van der Waals surface area contributed by atoms with Crippen LogP contribution in [0.5, 0.6) is 0 Å². The molecule has 2 nitrogen and oxygen atoms in total. The van der Waals surface area contributed by atoms with Crippen LogP contribution in [0.25, 0.3) is 0 Å². The highest BCUT2D eigenvalue weighted by Gasteiger charge is 2.66. The normalized spacial score (nSPS) is 52.2. The molecule has 2 fully saturated rings. The third kappa shape index (κ3) is 0.944. The summed E-state index contributed by atoms with van der Waals surface area (Å²) in [5.41, 5.74) is -0.468. The average Bonchev–Trinajstić information content (AvgIpc) is 2.49. The maximum Gasteiger partial charge on any atom is 0.0623 e. The lowest BCUT2D eigenvalue weighted by Gasteiger charge is -2.27. The first kappa shape index (κ1) is 8.52. The van der Waals surface area contributed by atoms with Gasteiger partial charge in [0.05, 0.1) is 11.7 Å². The van der Waals surface area contributed by atoms with Gasteiger partial charge in [0.2, 0.25) is 0 Å². The molecule has 2 saturated carbocycles. The van der Waals surface area contributed by atoms with E-state index >= 15 is 0 Å². The number of rotatable bonds is 1. The van der Waals surface area contributed by atoms with Crippen molar-refractivity contribution in [2.45, 2.75) is 45.3 Å². The molecule has 2 aliphatic carbocycles. The average molecular weight is 170 g/mol. The van der Waals surface area contributed by atoms with Gasteiger partial charge in [0, 0.05) is 0 Å². The van der Waals surface area contributed by atoms with E-state index in [0.29, 0.717) is 11.8 Å². The van der Waals surface area contributed by atoms with Gasteiger partial charge in [-0.3, -0.25) is 0 Å². The zero-order chi connectivity index (χ0) is 9.15. The smallest absolute Gasteiger partial charge is 0.0623 e. The Morgan fingerprint density at radius 3 is 2.17 bits per heavy atom. The molecule has 70 valence electrons. The third-order valence-corrected chi connectivity index (χ3v) is 3.98. The zero-order valence-corrected chi connectivity index (χ0v) is 8.04. The van der Waals surface area contributed by atoms with Crippen molar-refractivity contribution in [2.75, 3.05) is 0 Å². The molecule has 0 aliphatic heterocycles. The molecule has 2 aliphatic rings. The van der Waals surface area contributed by atoms with Gasteiger partial charge in [-0.05, 0) is 43.9 Å². The summed E-state index contributed by atoms with van der Waals surface area (Å²) in [5.74, 6) is 0.866. The van der Waals surface area contributed by atoms with Crippen LogP contribution in [0.1, 0.15) is 33.6 Å². The van der Waals surface area contributed by atoms with Crippen LogP contribution in [0.15, 0.2) is 0 Å². The van der Waals surface area contributed by atoms with E-state index in [9.17, 15) is 10.2 Å². The van der Waals surface area contributed by atoms with Gasteiger partial charge in [-0.25, -0.2) is 0 Å². The van der Waals surface area contributed by atoms with Crippen LogP contribution in [0, 0.1) is 17.3 Å². The molecule has 2 rings (SSSR count). The molecule has 0 saturated heterocycles. The maximum absolute atomic E-state index is 9.84. The quantitative estimate of drug-likeness (QED) is 0.620. The summed E-state index contributed by atoms with van der Waals surface area (Å²) < 4.78 is 0. The van der Waals surface area contributed by atoms with Crippen molar-refractivity contribution in [2.24, 2.45) is 17.3 Å². The Morgan fingerprint density at radius 1 is 1.42 bits per heavy atom. The molecule has 2 heteroatoms. The van der Waals surface area contributed by atoms with Crippen molar-refractivity contribution in [3.8, 4) is 0 Å². The summed E-state index contributed by atoms with van der Waals surface area (Å²) in [6.45, 7) is 5.84. The van der Waals surface area contributed by atoms with Crippen LogP contribution < -0.4 is 0 Å². The minimum absolute atomic E-state index is 0.144. The van der Waals surface area contributed by atoms with E-state index in [2.05, 4.69) is 6.92 Å². The molecular weight excluding hydrogens is 152 g/mol. The predicted molar refractivity (Wildman–Crippen MR) is 46.6 cm³/mol. The summed E-state index contributed by atoms with van der Waals surface area (Å²) in [6.07, 6.45) is 1.70. The molecular formula is C10H18O2. The molecule has 0 aromatic heterocycles. The summed E-state index contributed by atoms with van der Waals surface area (Å²) in [5, 5.41) is 19.6. The standard InChI is InChI=1S/C10H18O2/c1-9(2,12)6-4-8(11)10(3)5-7(6)10/h6-8,11-12H,4-5H2,1-3H3/t6-,7+,8-,10+/m1/s1. The fourth-order valence-electron chi connectivity index (χ4n) is 2.85. The van der Waals surface area contributed by atoms with E-state index < -0.39 is 5.60 Å². The van der Waals surface area contributed by atoms with Crippen molar-refractivity contribution in [3.05, 3.63) is 0 Å². The zero-order valence-electron chi connectivity index (χ0n) is 8.04. The first-order chi connectivity index (χ1) is 5.36. The number of aliphatic hydroxyl groups excluding tert-OH is 1. The van der Waals surface area contributed by atoms with Crippen LogP contribution in [0.4, 0.5) is 0 Å². The monoisotopic (exact) mass is 170 g/mol. The van der Waals surface area contributed by atoms with E-state index in [0.717, 1.165) is 12.8 Å². The maximum atomic E-state index is 9.84. The lowest BCUT2D eigenvalue weighted by Crippen LogP contribution is -2.31. The Kier molecular flexibility index (Phi) is 1.45. The van der Waals surface area contributed by atoms with Gasteiger partial charge < -0.3 is 10.2 Å². The summed E-state index contributed by atoms with van der Waals surface area (Å²) in [6, 6.07) is 0. The van der Waals surface area contributed by atoms with E-state index in [1.54, 1.807) is 0 Å². The second kappa shape index (κ2) is 2.05. The fraction of sp³-hybridized carbons (Fsp3) is 1.00. The van der Waals surface area contributed by atoms with Gasteiger partial charge in [-0.15, -0.1) is 0 Å². The van der Waals surface area contributed by atoms with Crippen molar-refractivity contribution in [3.63, 3.8) is 0 Å². The molecule has 12 heavy (non-hydrogen) atoms. The first-order valence-corrected chi connectivity index (χ1v) is 4.76. The van der Waals surface area contributed by atoms with E-state index in [-0.39, 0.29) is 11.5 Å². The summed E-state index contributed by atoms with van der Waals surface area (Å²) >= 11 is 0. The van der Waals surface area contributed by atoms with Gasteiger partial charge in [0.15, 0.2) is 0 Å². The van der Waals surface area contributed by atoms with Crippen molar-refractivity contribution >= 4 is 0 Å². The van der Waals surface area contributed by atoms with Crippen LogP contribution in [-0.2, 0) is 0 Å². The number of aliphatic hydroxyl groups is 2. The Balaban J connectivity index is 2.15. The minimum Gasteiger partial charge on any atom is -0.393 e. The Morgan fingerprint density at radius 2 is 2.00 bits per heavy atom. The highest BCUT2D eigenvalue weighted by atomic mass is 16.3. The van der Waals surface area contributed by atoms with Crippen molar-refractivity contribution < 1.29 is 10.2 Å². The van der Waals surface area contributed by atoms with Crippen LogP contribution in [0.2, 0.25) is 0 Å². The van der Waals surface area contributed by atoms with Crippen LogP contribution >= 0.6 is 0 Å². The minimum atomic E-state index is -0.611. The van der Waals surface area contributed by atoms with Gasteiger partial charge >= 0.3 is 0 Å². The Hall–Kier alpha value is -0.0800. The van der Waals surface area contributed by atoms with Crippen LogP contribution in [0.3, 0.4) is 0 Å². The molecule has 0 unspecified atom stereocenters. The molecule has 4 atom stereocenters. The number of fused-ring (bicyclic) bond motifs is 1. The third-order valence-electron chi connectivity index (χ3n) is 3.98. The lowest BCUT2D eigenvalue weighted by molar-refractivity contribution is 0.00104. The van der Waals surface area contributed by atoms with Gasteiger partial charge in [-0.2, -0.15) is 0 Å². The van der Waals surface area contributed by atoms with Gasteiger partial charge in [0.1, 0.15) is 0 Å². The second-order valence-corrected chi connectivity index (χ2v) is 5.33. The van der Waals surface area contributed by atoms with E-state index in [4.69, 9.17) is 0 Å². The molecule has 0 bridgehead atoms. The highest BCUT2D eigenvalue weighted by molar-refractivity contribution is 5.15. The van der Waals surface area contributed by atoms with Crippen molar-refractivity contribution in [1.29, 1.82) is 0 Å². The molecule has 0 heterocycles. The Labute approximate surface area is 73.6 Å². The summed E-state index contributed by atoms with van der Waals surface area (Å²) in [4.78, 5) is 0. The van der Waals surface area contributed by atoms with Crippen LogP contribution in [-0.4, -0.2) is 21.9 Å². The SMILES string of the molecule is CC(C)(O)[C@@H]1C[C@@H](O)[C@@]2(C)C[C@@H]12. The van der Waals surface area contributed by atoms with Crippen molar-refractivity contribution in [1.82, 2.24) is 0 Å². The van der Waals surface area contributed by atoms with E-state index in [1.807, 2.05) is 13.8 Å². The molecule has 0 amide bonds.